The van der Waals surface area contributed by atoms with Gasteiger partial charge in [-0.15, -0.1) is 0 Å². The van der Waals surface area contributed by atoms with E-state index in [0.717, 1.165) is 16.9 Å². The first kappa shape index (κ1) is 16.2. The van der Waals surface area contributed by atoms with E-state index in [-0.39, 0.29) is 11.8 Å². The van der Waals surface area contributed by atoms with Gasteiger partial charge < -0.3 is 4.74 Å². The lowest BCUT2D eigenvalue weighted by Crippen LogP contribution is -2.37. The highest BCUT2D eigenvalue weighted by Crippen LogP contribution is 2.17. The predicted octanol–water partition coefficient (Wildman–Crippen LogP) is 3.66. The Morgan fingerprint density at radius 3 is 3.04 bits per heavy atom. The number of amides is 2. The van der Waals surface area contributed by atoms with Gasteiger partial charge in [-0.3, -0.25) is 14.5 Å². The fourth-order valence-corrected chi connectivity index (χ4v) is 2.97. The maximum absolute atomic E-state index is 12.1. The van der Waals surface area contributed by atoms with Gasteiger partial charge in [0.15, 0.2) is 0 Å². The van der Waals surface area contributed by atoms with Gasteiger partial charge in [0, 0.05) is 12.6 Å². The molecule has 0 saturated heterocycles. The molecule has 0 saturated carbocycles. The van der Waals surface area contributed by atoms with Crippen molar-refractivity contribution in [2.45, 2.75) is 13.0 Å². The van der Waals surface area contributed by atoms with Crippen LogP contribution in [0.3, 0.4) is 0 Å². The Labute approximate surface area is 144 Å². The fraction of sp³-hybridized carbons (Fsp3) is 0.158. The molecule has 2 aromatic rings. The second-order valence-corrected chi connectivity index (χ2v) is 6.13. The zero-order chi connectivity index (χ0) is 16.8. The molecule has 3 rings (SSSR count). The molecule has 24 heavy (non-hydrogen) atoms. The molecule has 2 amide bonds. The summed E-state index contributed by atoms with van der Waals surface area (Å²) in [5.74, 6) is 0.186. The van der Waals surface area contributed by atoms with Crippen LogP contribution < -0.4 is 4.74 Å². The lowest BCUT2D eigenvalue weighted by atomic mass is 10.2. The van der Waals surface area contributed by atoms with Crippen LogP contribution in [-0.4, -0.2) is 23.3 Å². The fourth-order valence-electron chi connectivity index (χ4n) is 2.31. The molecular formula is C19H17NO3S. The van der Waals surface area contributed by atoms with E-state index in [4.69, 9.17) is 4.74 Å². The van der Waals surface area contributed by atoms with Crippen LogP contribution in [0.4, 0.5) is 0 Å². The van der Waals surface area contributed by atoms with Crippen LogP contribution in [0.1, 0.15) is 17.5 Å². The number of hydrogen-bond donors (Lipinski definition) is 0. The molecule has 0 fully saturated rings. The Bertz CT molecular complexity index is 778. The van der Waals surface area contributed by atoms with Crippen LogP contribution in [0.25, 0.3) is 6.08 Å². The van der Waals surface area contributed by atoms with Crippen LogP contribution >= 0.6 is 11.3 Å². The van der Waals surface area contributed by atoms with Crippen LogP contribution in [0, 0.1) is 0 Å². The van der Waals surface area contributed by atoms with Gasteiger partial charge in [0.25, 0.3) is 11.8 Å². The van der Waals surface area contributed by atoms with Crippen LogP contribution in [0.2, 0.25) is 0 Å². The van der Waals surface area contributed by atoms with Gasteiger partial charge in [0.05, 0.1) is 0 Å². The molecule has 122 valence electrons. The zero-order valence-electron chi connectivity index (χ0n) is 13.1. The highest BCUT2D eigenvalue weighted by molar-refractivity contribution is 7.07. The smallest absolute Gasteiger partial charge is 0.253 e. The molecule has 0 unspecified atom stereocenters. The third-order valence-corrected chi connectivity index (χ3v) is 4.31. The molecular weight excluding hydrogens is 322 g/mol. The van der Waals surface area contributed by atoms with Crippen molar-refractivity contribution in [3.63, 3.8) is 0 Å². The summed E-state index contributed by atoms with van der Waals surface area (Å²) < 4.78 is 5.75. The number of thiophene rings is 1. The quantitative estimate of drug-likeness (QED) is 0.781. The van der Waals surface area contributed by atoms with E-state index < -0.39 is 0 Å². The van der Waals surface area contributed by atoms with Crippen molar-refractivity contribution >= 4 is 29.2 Å². The maximum Gasteiger partial charge on any atom is 0.253 e. The van der Waals surface area contributed by atoms with Crippen molar-refractivity contribution in [3.05, 3.63) is 70.4 Å². The number of nitrogens with zero attached hydrogens (tertiary/aromatic N) is 1. The third-order valence-electron chi connectivity index (χ3n) is 3.57. The average Bonchev–Trinajstić information content (AvgIpc) is 3.12. The molecule has 5 heteroatoms. The Morgan fingerprint density at radius 1 is 1.33 bits per heavy atom. The van der Waals surface area contributed by atoms with E-state index >= 15 is 0 Å². The molecule has 1 aliphatic heterocycles. The van der Waals surface area contributed by atoms with Gasteiger partial charge in [0.1, 0.15) is 12.4 Å². The van der Waals surface area contributed by atoms with E-state index in [1.54, 1.807) is 23.5 Å². The summed E-state index contributed by atoms with van der Waals surface area (Å²) in [5, 5.41) is 4.06. The summed E-state index contributed by atoms with van der Waals surface area (Å²) in [5.41, 5.74) is 1.99. The van der Waals surface area contributed by atoms with E-state index in [0.29, 0.717) is 19.6 Å². The molecule has 2 heterocycles. The SMILES string of the molecule is O=C1C=CCCN1C(=O)/C=C/c1cccc(OCc2ccsc2)c1. The molecule has 1 aromatic carbocycles. The van der Waals surface area contributed by atoms with E-state index in [1.165, 1.54) is 17.1 Å². The number of rotatable bonds is 5. The summed E-state index contributed by atoms with van der Waals surface area (Å²) >= 11 is 1.64. The summed E-state index contributed by atoms with van der Waals surface area (Å²) in [7, 11) is 0. The number of imide groups is 1. The molecule has 0 atom stereocenters. The minimum Gasteiger partial charge on any atom is -0.489 e. The molecule has 0 bridgehead atoms. The highest BCUT2D eigenvalue weighted by atomic mass is 32.1. The number of ether oxygens (including phenoxy) is 1. The Hall–Kier alpha value is -2.66. The second-order valence-electron chi connectivity index (χ2n) is 5.35. The third kappa shape index (κ3) is 4.20. The molecule has 0 aliphatic carbocycles. The van der Waals surface area contributed by atoms with Crippen LogP contribution in [0.15, 0.2) is 59.3 Å². The summed E-state index contributed by atoms with van der Waals surface area (Å²) in [6.45, 7) is 0.951. The summed E-state index contributed by atoms with van der Waals surface area (Å²) in [6.07, 6.45) is 7.05. The van der Waals surface area contributed by atoms with E-state index in [9.17, 15) is 9.59 Å². The van der Waals surface area contributed by atoms with Crippen LogP contribution in [-0.2, 0) is 16.2 Å². The lowest BCUT2D eigenvalue weighted by molar-refractivity contribution is -0.139. The van der Waals surface area contributed by atoms with Gasteiger partial charge in [-0.05, 0) is 58.7 Å². The molecule has 0 N–H and O–H groups in total. The standard InChI is InChI=1S/C19H17NO3S/c21-18-6-1-2-10-20(18)19(22)8-7-15-4-3-5-17(12-15)23-13-16-9-11-24-14-16/h1,3-9,11-12,14H,2,10,13H2/b8-7+. The van der Waals surface area contributed by atoms with Crippen molar-refractivity contribution in [1.82, 2.24) is 4.90 Å². The van der Waals surface area contributed by atoms with E-state index in [1.807, 2.05) is 41.1 Å². The normalized spacial score (nSPS) is 14.3. The van der Waals surface area contributed by atoms with Crippen molar-refractivity contribution in [2.24, 2.45) is 0 Å². The largest absolute Gasteiger partial charge is 0.489 e. The first-order valence-corrected chi connectivity index (χ1v) is 8.61. The molecule has 1 aromatic heterocycles. The van der Waals surface area contributed by atoms with Gasteiger partial charge >= 0.3 is 0 Å². The Morgan fingerprint density at radius 2 is 2.25 bits per heavy atom. The molecule has 0 radical (unpaired) electrons. The second kappa shape index (κ2) is 7.75. The lowest BCUT2D eigenvalue weighted by Gasteiger charge is -2.19. The van der Waals surface area contributed by atoms with Gasteiger partial charge in [-0.1, -0.05) is 18.2 Å². The van der Waals surface area contributed by atoms with Crippen LogP contribution in [0.5, 0.6) is 5.75 Å². The van der Waals surface area contributed by atoms with Crippen molar-refractivity contribution in [3.8, 4) is 5.75 Å². The molecule has 0 spiro atoms. The highest BCUT2D eigenvalue weighted by Gasteiger charge is 2.18. The first-order chi connectivity index (χ1) is 11.7. The number of carbonyl (C=O) groups excluding carboxylic acids is 2. The summed E-state index contributed by atoms with van der Waals surface area (Å²) in [6, 6.07) is 9.54. The summed E-state index contributed by atoms with van der Waals surface area (Å²) in [4.78, 5) is 25.0. The predicted molar refractivity (Wildman–Crippen MR) is 94.6 cm³/mol. The number of carbonyl (C=O) groups is 2. The van der Waals surface area contributed by atoms with Crippen molar-refractivity contribution in [1.29, 1.82) is 0 Å². The average molecular weight is 339 g/mol. The Kier molecular flexibility index (Phi) is 5.23. The van der Waals surface area contributed by atoms with Gasteiger partial charge in [-0.25, -0.2) is 0 Å². The Balaban J connectivity index is 1.62. The van der Waals surface area contributed by atoms with Crippen molar-refractivity contribution in [2.75, 3.05) is 6.54 Å². The zero-order valence-corrected chi connectivity index (χ0v) is 13.9. The minimum atomic E-state index is -0.297. The van der Waals surface area contributed by atoms with Gasteiger partial charge in [-0.2, -0.15) is 11.3 Å². The van der Waals surface area contributed by atoms with Gasteiger partial charge in [0.2, 0.25) is 0 Å². The first-order valence-electron chi connectivity index (χ1n) is 7.66. The molecule has 4 nitrogen and oxygen atoms in total. The number of hydrogen-bond acceptors (Lipinski definition) is 4. The molecule has 1 aliphatic rings. The number of benzene rings is 1. The van der Waals surface area contributed by atoms with E-state index in [2.05, 4.69) is 0 Å². The van der Waals surface area contributed by atoms with Crippen molar-refractivity contribution < 1.29 is 14.3 Å². The minimum absolute atomic E-state index is 0.260. The topological polar surface area (TPSA) is 46.6 Å². The maximum atomic E-state index is 12.1. The monoisotopic (exact) mass is 339 g/mol.